The first-order valence-electron chi connectivity index (χ1n) is 8.96. The van der Waals surface area contributed by atoms with E-state index in [1.165, 1.54) is 24.0 Å². The fourth-order valence-electron chi connectivity index (χ4n) is 2.84. The fourth-order valence-corrected chi connectivity index (χ4v) is 2.84. The normalized spacial score (nSPS) is 12.8. The third-order valence-electron chi connectivity index (χ3n) is 4.97. The Kier molecular flexibility index (Phi) is 6.30. The number of benzene rings is 2. The van der Waals surface area contributed by atoms with E-state index < -0.39 is 0 Å². The molecule has 0 aliphatic carbocycles. The molecule has 2 rings (SSSR count). The van der Waals surface area contributed by atoms with Crippen LogP contribution in [0.3, 0.4) is 0 Å². The van der Waals surface area contributed by atoms with Gasteiger partial charge in [0, 0.05) is 5.41 Å². The summed E-state index contributed by atoms with van der Waals surface area (Å²) in [6.45, 7) is 9.70. The third kappa shape index (κ3) is 4.77. The van der Waals surface area contributed by atoms with Crippen molar-refractivity contribution in [2.75, 3.05) is 6.61 Å². The van der Waals surface area contributed by atoms with Gasteiger partial charge in [-0.1, -0.05) is 58.4 Å². The first-order valence-corrected chi connectivity index (χ1v) is 8.96. The smallest absolute Gasteiger partial charge is 0.119 e. The molecule has 0 aliphatic rings. The Morgan fingerprint density at radius 3 is 2.04 bits per heavy atom. The van der Waals surface area contributed by atoms with Crippen LogP contribution in [0.5, 0.6) is 11.5 Å². The molecule has 1 atom stereocenters. The molecule has 0 heterocycles. The molecule has 1 unspecified atom stereocenters. The zero-order valence-corrected chi connectivity index (χ0v) is 15.4. The maximum Gasteiger partial charge on any atom is 0.119 e. The highest BCUT2D eigenvalue weighted by molar-refractivity contribution is 5.41. The molecule has 0 amide bonds. The summed E-state index contributed by atoms with van der Waals surface area (Å²) < 4.78 is 5.86. The second kappa shape index (κ2) is 8.23. The standard InChI is InChI=1S/C22H30O2/c1-5-17(2)7-6-16-24-21-14-10-19(11-15-21)22(3,4)18-8-12-20(23)13-9-18/h8-15,17,23H,5-7,16H2,1-4H3. The highest BCUT2D eigenvalue weighted by Crippen LogP contribution is 2.33. The first-order chi connectivity index (χ1) is 11.4. The molecular weight excluding hydrogens is 296 g/mol. The van der Waals surface area contributed by atoms with E-state index in [2.05, 4.69) is 52.0 Å². The van der Waals surface area contributed by atoms with Crippen LogP contribution in [0.15, 0.2) is 48.5 Å². The topological polar surface area (TPSA) is 29.5 Å². The van der Waals surface area contributed by atoms with Crippen LogP contribution < -0.4 is 4.74 Å². The van der Waals surface area contributed by atoms with Crippen molar-refractivity contribution in [3.8, 4) is 11.5 Å². The van der Waals surface area contributed by atoms with E-state index in [4.69, 9.17) is 4.74 Å². The van der Waals surface area contributed by atoms with E-state index in [0.29, 0.717) is 5.75 Å². The number of hydrogen-bond donors (Lipinski definition) is 1. The molecule has 0 radical (unpaired) electrons. The van der Waals surface area contributed by atoms with E-state index in [9.17, 15) is 5.11 Å². The van der Waals surface area contributed by atoms with E-state index in [-0.39, 0.29) is 5.41 Å². The molecule has 2 aromatic carbocycles. The molecule has 0 fully saturated rings. The number of aromatic hydroxyl groups is 1. The summed E-state index contributed by atoms with van der Waals surface area (Å²) in [5.74, 6) is 2.02. The van der Waals surface area contributed by atoms with E-state index in [0.717, 1.165) is 24.7 Å². The molecule has 0 aliphatic heterocycles. The molecule has 1 N–H and O–H groups in total. The summed E-state index contributed by atoms with van der Waals surface area (Å²) in [6, 6.07) is 15.8. The van der Waals surface area contributed by atoms with Crippen LogP contribution in [0.2, 0.25) is 0 Å². The fraction of sp³-hybridized carbons (Fsp3) is 0.455. The van der Waals surface area contributed by atoms with Crippen LogP contribution in [0, 0.1) is 5.92 Å². The Bertz CT molecular complexity index is 611. The Hall–Kier alpha value is -1.96. The van der Waals surface area contributed by atoms with Gasteiger partial charge in [0.2, 0.25) is 0 Å². The van der Waals surface area contributed by atoms with Gasteiger partial charge in [-0.3, -0.25) is 0 Å². The summed E-state index contributed by atoms with van der Waals surface area (Å²) in [7, 11) is 0. The monoisotopic (exact) mass is 326 g/mol. The van der Waals surface area contributed by atoms with Gasteiger partial charge in [0.25, 0.3) is 0 Å². The van der Waals surface area contributed by atoms with Crippen molar-refractivity contribution in [2.45, 2.75) is 52.4 Å². The van der Waals surface area contributed by atoms with Crippen LogP contribution in [0.4, 0.5) is 0 Å². The summed E-state index contributed by atoms with van der Waals surface area (Å²) in [5, 5.41) is 9.47. The Balaban J connectivity index is 1.96. The molecule has 0 bridgehead atoms. The minimum Gasteiger partial charge on any atom is -0.508 e. The average Bonchev–Trinajstić information content (AvgIpc) is 2.59. The van der Waals surface area contributed by atoms with Crippen molar-refractivity contribution in [1.29, 1.82) is 0 Å². The van der Waals surface area contributed by atoms with Gasteiger partial charge in [-0.2, -0.15) is 0 Å². The predicted molar refractivity (Wildman–Crippen MR) is 101 cm³/mol. The Labute approximate surface area is 146 Å². The molecule has 0 aromatic heterocycles. The lowest BCUT2D eigenvalue weighted by atomic mass is 9.78. The molecule has 2 aromatic rings. The largest absolute Gasteiger partial charge is 0.508 e. The molecule has 0 saturated carbocycles. The number of hydrogen-bond acceptors (Lipinski definition) is 2. The summed E-state index contributed by atoms with van der Waals surface area (Å²) in [4.78, 5) is 0. The molecule has 2 heteroatoms. The number of ether oxygens (including phenoxy) is 1. The van der Waals surface area contributed by atoms with E-state index in [1.807, 2.05) is 12.1 Å². The van der Waals surface area contributed by atoms with Crippen LogP contribution in [-0.2, 0) is 5.41 Å². The van der Waals surface area contributed by atoms with Crippen LogP contribution in [0.25, 0.3) is 0 Å². The molecule has 24 heavy (non-hydrogen) atoms. The highest BCUT2D eigenvalue weighted by Gasteiger charge is 2.22. The second-order valence-electron chi connectivity index (χ2n) is 7.20. The number of phenols is 1. The van der Waals surface area contributed by atoms with Gasteiger partial charge < -0.3 is 9.84 Å². The minimum atomic E-state index is -0.108. The summed E-state index contributed by atoms with van der Waals surface area (Å²) in [6.07, 6.45) is 3.57. The summed E-state index contributed by atoms with van der Waals surface area (Å²) >= 11 is 0. The number of rotatable bonds is 8. The zero-order chi connectivity index (χ0) is 17.6. The van der Waals surface area contributed by atoms with Gasteiger partial charge >= 0.3 is 0 Å². The van der Waals surface area contributed by atoms with Gasteiger partial charge in [0.1, 0.15) is 11.5 Å². The molecule has 0 saturated heterocycles. The highest BCUT2D eigenvalue weighted by atomic mass is 16.5. The van der Waals surface area contributed by atoms with Crippen molar-refractivity contribution < 1.29 is 9.84 Å². The molecule has 0 spiro atoms. The van der Waals surface area contributed by atoms with Gasteiger partial charge in [0.05, 0.1) is 6.61 Å². The predicted octanol–water partition coefficient (Wildman–Crippen LogP) is 5.92. The van der Waals surface area contributed by atoms with Crippen molar-refractivity contribution in [3.05, 3.63) is 59.7 Å². The quantitative estimate of drug-likeness (QED) is 0.610. The van der Waals surface area contributed by atoms with Gasteiger partial charge in [-0.15, -0.1) is 0 Å². The van der Waals surface area contributed by atoms with Crippen LogP contribution >= 0.6 is 0 Å². The van der Waals surface area contributed by atoms with E-state index in [1.54, 1.807) is 12.1 Å². The van der Waals surface area contributed by atoms with Crippen molar-refractivity contribution in [1.82, 2.24) is 0 Å². The summed E-state index contributed by atoms with van der Waals surface area (Å²) in [5.41, 5.74) is 2.31. The lowest BCUT2D eigenvalue weighted by molar-refractivity contribution is 0.294. The molecule has 130 valence electrons. The zero-order valence-electron chi connectivity index (χ0n) is 15.4. The molecule has 2 nitrogen and oxygen atoms in total. The lowest BCUT2D eigenvalue weighted by Crippen LogP contribution is -2.18. The first kappa shape index (κ1) is 18.4. The Morgan fingerprint density at radius 2 is 1.50 bits per heavy atom. The van der Waals surface area contributed by atoms with Crippen LogP contribution in [-0.4, -0.2) is 11.7 Å². The second-order valence-corrected chi connectivity index (χ2v) is 7.20. The maximum absolute atomic E-state index is 9.47. The van der Waals surface area contributed by atoms with Crippen LogP contribution in [0.1, 0.15) is 58.1 Å². The minimum absolute atomic E-state index is 0.108. The number of phenolic OH excluding ortho intramolecular Hbond substituents is 1. The van der Waals surface area contributed by atoms with Crippen molar-refractivity contribution in [3.63, 3.8) is 0 Å². The van der Waals surface area contributed by atoms with Crippen molar-refractivity contribution in [2.24, 2.45) is 5.92 Å². The van der Waals surface area contributed by atoms with Gasteiger partial charge in [-0.05, 0) is 54.2 Å². The lowest BCUT2D eigenvalue weighted by Gasteiger charge is -2.26. The molecular formula is C22H30O2. The van der Waals surface area contributed by atoms with Gasteiger partial charge in [0.15, 0.2) is 0 Å². The van der Waals surface area contributed by atoms with Gasteiger partial charge in [-0.25, -0.2) is 0 Å². The Morgan fingerprint density at radius 1 is 0.958 bits per heavy atom. The maximum atomic E-state index is 9.47. The van der Waals surface area contributed by atoms with Crippen molar-refractivity contribution >= 4 is 0 Å². The third-order valence-corrected chi connectivity index (χ3v) is 4.97. The SMILES string of the molecule is CCC(C)CCCOc1ccc(C(C)(C)c2ccc(O)cc2)cc1. The average molecular weight is 326 g/mol. The van der Waals surface area contributed by atoms with E-state index >= 15 is 0 Å².